The van der Waals surface area contributed by atoms with Gasteiger partial charge in [-0.25, -0.2) is 4.99 Å². The lowest BCUT2D eigenvalue weighted by atomic mass is 9.87. The molecule has 1 aliphatic carbocycles. The van der Waals surface area contributed by atoms with E-state index in [4.69, 9.17) is 21.2 Å². The highest BCUT2D eigenvalue weighted by Crippen LogP contribution is 2.40. The Morgan fingerprint density at radius 2 is 1.90 bits per heavy atom. The minimum atomic E-state index is -0.612. The van der Waals surface area contributed by atoms with Crippen LogP contribution in [0, 0.1) is 0 Å². The van der Waals surface area contributed by atoms with E-state index in [0.29, 0.717) is 29.3 Å². The first-order valence-corrected chi connectivity index (χ1v) is 10.7. The van der Waals surface area contributed by atoms with Gasteiger partial charge in [0, 0.05) is 11.8 Å². The van der Waals surface area contributed by atoms with Gasteiger partial charge in [0.25, 0.3) is 5.91 Å². The van der Waals surface area contributed by atoms with Crippen molar-refractivity contribution in [2.75, 3.05) is 16.8 Å². The predicted octanol–water partition coefficient (Wildman–Crippen LogP) is 3.45. The Hall–Kier alpha value is -3.55. The summed E-state index contributed by atoms with van der Waals surface area (Å²) in [4.78, 5) is 24.1. The van der Waals surface area contributed by atoms with Crippen LogP contribution in [0.25, 0.3) is 0 Å². The number of carbonyl (C=O) groups is 1. The molecule has 0 radical (unpaired) electrons. The van der Waals surface area contributed by atoms with E-state index in [2.05, 4.69) is 10.3 Å². The second-order valence-electron chi connectivity index (χ2n) is 7.75. The number of hydrogen-bond donors (Lipinski definition) is 3. The van der Waals surface area contributed by atoms with Gasteiger partial charge in [0.1, 0.15) is 11.4 Å². The number of nitrogens with two attached hydrogens (primary N) is 2. The van der Waals surface area contributed by atoms with Crippen LogP contribution in [0.1, 0.15) is 49.4 Å². The van der Waals surface area contributed by atoms with Crippen molar-refractivity contribution >= 4 is 29.2 Å². The number of aliphatic imine (C=N–C) groups is 2. The summed E-state index contributed by atoms with van der Waals surface area (Å²) in [7, 11) is 0. The number of nitrogens with one attached hydrogen (secondary N) is 1. The van der Waals surface area contributed by atoms with E-state index in [1.165, 1.54) is 0 Å². The fourth-order valence-corrected chi connectivity index (χ4v) is 4.36. The second-order valence-corrected chi connectivity index (χ2v) is 7.75. The normalized spacial score (nSPS) is 17.6. The Kier molecular flexibility index (Phi) is 5.79. The maximum atomic E-state index is 13.3. The van der Waals surface area contributed by atoms with Crippen LogP contribution in [0.2, 0.25) is 0 Å². The number of carbonyl (C=O) groups excluding carboxylic acids is 1. The summed E-state index contributed by atoms with van der Waals surface area (Å²) in [6.07, 6.45) is 4.77. The van der Waals surface area contributed by atoms with Gasteiger partial charge >= 0.3 is 0 Å². The van der Waals surface area contributed by atoms with E-state index in [1.54, 1.807) is 12.1 Å². The number of ether oxygens (including phenoxy) is 1. The van der Waals surface area contributed by atoms with E-state index >= 15 is 0 Å². The van der Waals surface area contributed by atoms with Crippen molar-refractivity contribution in [1.82, 2.24) is 0 Å². The highest BCUT2D eigenvalue weighted by Gasteiger charge is 2.43. The number of anilines is 2. The van der Waals surface area contributed by atoms with Gasteiger partial charge in [0.05, 0.1) is 17.9 Å². The van der Waals surface area contributed by atoms with E-state index in [-0.39, 0.29) is 17.8 Å². The molecule has 8 heteroatoms. The average Bonchev–Trinajstić information content (AvgIpc) is 2.74. The van der Waals surface area contributed by atoms with E-state index in [0.717, 1.165) is 32.1 Å². The lowest BCUT2D eigenvalue weighted by Gasteiger charge is -2.46. The average molecular weight is 421 g/mol. The lowest BCUT2D eigenvalue weighted by molar-refractivity contribution is 0.102. The Bertz CT molecular complexity index is 1030. The molecular weight excluding hydrogens is 392 g/mol. The molecule has 1 saturated carbocycles. The minimum absolute atomic E-state index is 0.185. The van der Waals surface area contributed by atoms with E-state index in [9.17, 15) is 4.79 Å². The monoisotopic (exact) mass is 420 g/mol. The molecule has 8 nitrogen and oxygen atoms in total. The molecular formula is C23H28N6O2. The van der Waals surface area contributed by atoms with Crippen molar-refractivity contribution in [3.8, 4) is 5.75 Å². The number of para-hydroxylation sites is 1. The van der Waals surface area contributed by atoms with Crippen LogP contribution in [-0.2, 0) is 0 Å². The summed E-state index contributed by atoms with van der Waals surface area (Å²) in [5, 5.41) is 2.96. The van der Waals surface area contributed by atoms with E-state index < -0.39 is 5.66 Å². The van der Waals surface area contributed by atoms with Crippen LogP contribution in [0.15, 0.2) is 58.5 Å². The molecule has 1 aliphatic heterocycles. The van der Waals surface area contributed by atoms with Gasteiger partial charge in [-0.3, -0.25) is 9.69 Å². The van der Waals surface area contributed by atoms with Crippen molar-refractivity contribution in [2.24, 2.45) is 21.5 Å². The largest absolute Gasteiger partial charge is 0.494 e. The zero-order chi connectivity index (χ0) is 21.8. The van der Waals surface area contributed by atoms with Crippen LogP contribution in [0.4, 0.5) is 11.4 Å². The van der Waals surface area contributed by atoms with Gasteiger partial charge in [-0.1, -0.05) is 24.6 Å². The van der Waals surface area contributed by atoms with Crippen molar-refractivity contribution in [2.45, 2.75) is 44.7 Å². The molecule has 31 heavy (non-hydrogen) atoms. The van der Waals surface area contributed by atoms with Gasteiger partial charge in [-0.15, -0.1) is 0 Å². The highest BCUT2D eigenvalue weighted by atomic mass is 16.5. The standard InChI is InChI=1S/C23H28N6O2/c1-2-31-17-10-8-9-16(15-17)26-20(30)18-11-4-5-12-19(18)29-22(25)27-21(24)28-23(29)13-6-3-7-14-23/h4-5,8-12,15H,2-3,6-7,13-14H2,1H3,(H,26,30)(H4,24,25,27,28). The van der Waals surface area contributed by atoms with Crippen molar-refractivity contribution in [3.05, 3.63) is 54.1 Å². The zero-order valence-electron chi connectivity index (χ0n) is 17.7. The van der Waals surface area contributed by atoms with Gasteiger partial charge < -0.3 is 21.5 Å². The van der Waals surface area contributed by atoms with Gasteiger partial charge in [0.15, 0.2) is 0 Å². The van der Waals surface area contributed by atoms with Gasteiger partial charge in [-0.2, -0.15) is 4.99 Å². The molecule has 1 heterocycles. The first-order valence-electron chi connectivity index (χ1n) is 10.7. The molecule has 2 aromatic carbocycles. The second kappa shape index (κ2) is 8.67. The number of nitrogens with zero attached hydrogens (tertiary/aromatic N) is 3. The number of guanidine groups is 2. The molecule has 0 saturated heterocycles. The number of benzene rings is 2. The quantitative estimate of drug-likeness (QED) is 0.685. The van der Waals surface area contributed by atoms with Crippen LogP contribution in [-0.4, -0.2) is 30.1 Å². The van der Waals surface area contributed by atoms with E-state index in [1.807, 2.05) is 48.2 Å². The molecule has 162 valence electrons. The fraction of sp³-hybridized carbons (Fsp3) is 0.348. The van der Waals surface area contributed by atoms with Crippen molar-refractivity contribution < 1.29 is 9.53 Å². The molecule has 4 rings (SSSR count). The highest BCUT2D eigenvalue weighted by molar-refractivity contribution is 6.13. The maximum absolute atomic E-state index is 13.3. The molecule has 0 atom stereocenters. The zero-order valence-corrected chi connectivity index (χ0v) is 17.7. The Morgan fingerprint density at radius 1 is 1.13 bits per heavy atom. The van der Waals surface area contributed by atoms with Crippen molar-refractivity contribution in [1.29, 1.82) is 0 Å². The number of rotatable bonds is 5. The number of amides is 1. The summed E-state index contributed by atoms with van der Waals surface area (Å²) in [5.41, 5.74) is 13.5. The molecule has 2 aliphatic rings. The fourth-order valence-electron chi connectivity index (χ4n) is 4.36. The lowest BCUT2D eigenvalue weighted by Crippen LogP contribution is -2.58. The topological polar surface area (TPSA) is 118 Å². The van der Waals surface area contributed by atoms with Crippen LogP contribution < -0.4 is 26.4 Å². The summed E-state index contributed by atoms with van der Waals surface area (Å²) < 4.78 is 5.53. The molecule has 0 unspecified atom stereocenters. The summed E-state index contributed by atoms with van der Waals surface area (Å²) >= 11 is 0. The Labute approximate surface area is 182 Å². The Balaban J connectivity index is 1.69. The molecule has 2 aromatic rings. The third-order valence-electron chi connectivity index (χ3n) is 5.64. The summed E-state index contributed by atoms with van der Waals surface area (Å²) in [5.74, 6) is 0.899. The third-order valence-corrected chi connectivity index (χ3v) is 5.64. The summed E-state index contributed by atoms with van der Waals surface area (Å²) in [6, 6.07) is 14.7. The molecule has 1 fully saturated rings. The first kappa shape index (κ1) is 20.7. The molecule has 0 bridgehead atoms. The molecule has 5 N–H and O–H groups in total. The van der Waals surface area contributed by atoms with Gasteiger partial charge in [0.2, 0.25) is 11.9 Å². The molecule has 1 spiro atoms. The number of hydrogen-bond acceptors (Lipinski definition) is 7. The van der Waals surface area contributed by atoms with Crippen molar-refractivity contribution in [3.63, 3.8) is 0 Å². The predicted molar refractivity (Wildman–Crippen MR) is 124 cm³/mol. The van der Waals surface area contributed by atoms with Crippen LogP contribution in [0.5, 0.6) is 5.75 Å². The van der Waals surface area contributed by atoms with Crippen LogP contribution >= 0.6 is 0 Å². The first-order chi connectivity index (χ1) is 15.0. The van der Waals surface area contributed by atoms with Crippen LogP contribution in [0.3, 0.4) is 0 Å². The molecule has 0 aromatic heterocycles. The summed E-state index contributed by atoms with van der Waals surface area (Å²) in [6.45, 7) is 2.47. The Morgan fingerprint density at radius 3 is 2.68 bits per heavy atom. The smallest absolute Gasteiger partial charge is 0.257 e. The minimum Gasteiger partial charge on any atom is -0.494 e. The third kappa shape index (κ3) is 4.19. The molecule has 1 amide bonds. The maximum Gasteiger partial charge on any atom is 0.257 e. The van der Waals surface area contributed by atoms with Gasteiger partial charge in [-0.05, 0) is 56.9 Å². The SMILES string of the molecule is CCOc1cccc(NC(=O)c2ccccc2N2C(N)=NC(N)=NC23CCCCC3)c1.